The maximum absolute atomic E-state index is 12.1. The highest BCUT2D eigenvalue weighted by Gasteiger charge is 2.41. The number of esters is 1. The molecule has 0 aliphatic heterocycles. The fourth-order valence-electron chi connectivity index (χ4n) is 2.46. The lowest BCUT2D eigenvalue weighted by Gasteiger charge is -2.32. The van der Waals surface area contributed by atoms with E-state index in [4.69, 9.17) is 4.74 Å². The van der Waals surface area contributed by atoms with E-state index < -0.39 is 17.8 Å². The molecule has 0 heterocycles. The molecule has 3 unspecified atom stereocenters. The van der Waals surface area contributed by atoms with Crippen LogP contribution in [0.25, 0.3) is 0 Å². The summed E-state index contributed by atoms with van der Waals surface area (Å²) in [5.41, 5.74) is 0. The van der Waals surface area contributed by atoms with Gasteiger partial charge in [0.15, 0.2) is 0 Å². The summed E-state index contributed by atoms with van der Waals surface area (Å²) >= 11 is 0. The monoisotopic (exact) mass is 254 g/mol. The van der Waals surface area contributed by atoms with Crippen LogP contribution < -0.4 is 0 Å². The normalized spacial score (nSPS) is 27.8. The molecule has 4 heteroatoms. The summed E-state index contributed by atoms with van der Waals surface area (Å²) < 4.78 is 5.21. The first-order valence-electron chi connectivity index (χ1n) is 6.49. The third-order valence-corrected chi connectivity index (χ3v) is 3.40. The zero-order valence-corrected chi connectivity index (χ0v) is 11.1. The van der Waals surface area contributed by atoms with Crippen LogP contribution in [0.15, 0.2) is 12.7 Å². The van der Waals surface area contributed by atoms with Gasteiger partial charge in [-0.25, -0.2) is 0 Å². The molecule has 18 heavy (non-hydrogen) atoms. The maximum atomic E-state index is 12.1. The first-order chi connectivity index (χ1) is 8.47. The van der Waals surface area contributed by atoms with E-state index in [1.807, 2.05) is 13.8 Å². The number of hydrogen-bond donors (Lipinski definition) is 1. The van der Waals surface area contributed by atoms with E-state index in [0.717, 1.165) is 12.8 Å². The fourth-order valence-corrected chi connectivity index (χ4v) is 2.46. The summed E-state index contributed by atoms with van der Waals surface area (Å²) in [7, 11) is 0. The van der Waals surface area contributed by atoms with Crippen LogP contribution in [0, 0.1) is 23.7 Å². The first-order valence-corrected chi connectivity index (χ1v) is 6.49. The molecule has 0 saturated heterocycles. The molecule has 0 bridgehead atoms. The van der Waals surface area contributed by atoms with Gasteiger partial charge in [0.05, 0.1) is 18.4 Å². The molecule has 1 N–H and O–H groups in total. The Kier molecular flexibility index (Phi) is 5.38. The maximum Gasteiger partial charge on any atom is 0.310 e. The van der Waals surface area contributed by atoms with Gasteiger partial charge in [-0.3, -0.25) is 9.59 Å². The van der Waals surface area contributed by atoms with Gasteiger partial charge in [-0.2, -0.15) is 0 Å². The van der Waals surface area contributed by atoms with Gasteiger partial charge in [-0.1, -0.05) is 26.3 Å². The van der Waals surface area contributed by atoms with Crippen molar-refractivity contribution in [1.82, 2.24) is 0 Å². The van der Waals surface area contributed by atoms with Crippen LogP contribution >= 0.6 is 0 Å². The van der Waals surface area contributed by atoms with Crippen LogP contribution in [0.1, 0.15) is 33.1 Å². The molecule has 4 nitrogen and oxygen atoms in total. The molecule has 1 aliphatic carbocycles. The second kappa shape index (κ2) is 6.57. The smallest absolute Gasteiger partial charge is 0.310 e. The van der Waals surface area contributed by atoms with E-state index in [9.17, 15) is 14.7 Å². The number of ether oxygens (including phenoxy) is 1. The van der Waals surface area contributed by atoms with Gasteiger partial charge in [0.2, 0.25) is 0 Å². The van der Waals surface area contributed by atoms with Crippen LogP contribution in [0.3, 0.4) is 0 Å². The first kappa shape index (κ1) is 14.7. The number of carboxylic acids is 1. The van der Waals surface area contributed by atoms with E-state index in [1.165, 1.54) is 0 Å². The zero-order valence-electron chi connectivity index (χ0n) is 11.1. The molecule has 1 fully saturated rings. The van der Waals surface area contributed by atoms with E-state index in [1.54, 1.807) is 6.08 Å². The lowest BCUT2D eigenvalue weighted by Crippen LogP contribution is -2.39. The Bertz CT molecular complexity index is 322. The van der Waals surface area contributed by atoms with Crippen molar-refractivity contribution >= 4 is 11.9 Å². The van der Waals surface area contributed by atoms with Gasteiger partial charge in [-0.15, -0.1) is 6.58 Å². The van der Waals surface area contributed by atoms with E-state index >= 15 is 0 Å². The summed E-state index contributed by atoms with van der Waals surface area (Å²) in [6.07, 6.45) is 3.87. The highest BCUT2D eigenvalue weighted by Crippen LogP contribution is 2.36. The van der Waals surface area contributed by atoms with Crippen LogP contribution in [0.4, 0.5) is 0 Å². The summed E-state index contributed by atoms with van der Waals surface area (Å²) in [6, 6.07) is 0. The average molecular weight is 254 g/mol. The number of carbonyl (C=O) groups excluding carboxylic acids is 1. The molecule has 1 rings (SSSR count). The van der Waals surface area contributed by atoms with Crippen LogP contribution in [-0.2, 0) is 14.3 Å². The topological polar surface area (TPSA) is 63.6 Å². The van der Waals surface area contributed by atoms with Gasteiger partial charge in [0.25, 0.3) is 0 Å². The van der Waals surface area contributed by atoms with Crippen molar-refractivity contribution < 1.29 is 19.4 Å². The number of carbonyl (C=O) groups is 2. The van der Waals surface area contributed by atoms with Crippen molar-refractivity contribution in [1.29, 1.82) is 0 Å². The van der Waals surface area contributed by atoms with Gasteiger partial charge < -0.3 is 9.84 Å². The summed E-state index contributed by atoms with van der Waals surface area (Å²) in [5.74, 6) is -2.34. The second-order valence-corrected chi connectivity index (χ2v) is 5.32. The predicted molar refractivity (Wildman–Crippen MR) is 68.0 cm³/mol. The number of allylic oxidation sites excluding steroid dienone is 1. The number of carboxylic acid groups (broad SMARTS) is 1. The quantitative estimate of drug-likeness (QED) is 0.604. The Morgan fingerprint density at radius 2 is 2.11 bits per heavy atom. The second-order valence-electron chi connectivity index (χ2n) is 5.32. The minimum Gasteiger partial charge on any atom is -0.481 e. The summed E-state index contributed by atoms with van der Waals surface area (Å²) in [4.78, 5) is 23.3. The third-order valence-electron chi connectivity index (χ3n) is 3.40. The predicted octanol–water partition coefficient (Wildman–Crippen LogP) is 2.49. The molecule has 1 saturated carbocycles. The van der Waals surface area contributed by atoms with Crippen LogP contribution in [0.2, 0.25) is 0 Å². The minimum absolute atomic E-state index is 0.0838. The highest BCUT2D eigenvalue weighted by atomic mass is 16.5. The van der Waals surface area contributed by atoms with Crippen molar-refractivity contribution in [2.45, 2.75) is 33.1 Å². The minimum atomic E-state index is -0.909. The van der Waals surface area contributed by atoms with Crippen molar-refractivity contribution in [2.24, 2.45) is 23.7 Å². The molecule has 0 aromatic rings. The molecule has 0 aromatic carbocycles. The molecule has 0 radical (unpaired) electrons. The van der Waals surface area contributed by atoms with Crippen molar-refractivity contribution in [3.05, 3.63) is 12.7 Å². The van der Waals surface area contributed by atoms with E-state index in [-0.39, 0.29) is 17.8 Å². The number of rotatable bonds is 5. The summed E-state index contributed by atoms with van der Waals surface area (Å²) in [6.45, 7) is 7.95. The van der Waals surface area contributed by atoms with Crippen molar-refractivity contribution in [3.8, 4) is 0 Å². The lowest BCUT2D eigenvalue weighted by molar-refractivity contribution is -0.162. The number of hydrogen-bond acceptors (Lipinski definition) is 3. The molecule has 0 amide bonds. The lowest BCUT2D eigenvalue weighted by atomic mass is 9.72. The Hall–Kier alpha value is -1.32. The molecule has 3 atom stereocenters. The molecule has 102 valence electrons. The van der Waals surface area contributed by atoms with Crippen molar-refractivity contribution in [3.63, 3.8) is 0 Å². The Morgan fingerprint density at radius 3 is 2.61 bits per heavy atom. The number of aliphatic carboxylic acids is 1. The van der Waals surface area contributed by atoms with Crippen molar-refractivity contribution in [2.75, 3.05) is 6.61 Å². The molecule has 0 aromatic heterocycles. The largest absolute Gasteiger partial charge is 0.481 e. The Balaban J connectivity index is 2.78. The molecule has 0 spiro atoms. The Morgan fingerprint density at radius 1 is 1.44 bits per heavy atom. The third kappa shape index (κ3) is 3.59. The van der Waals surface area contributed by atoms with E-state index in [0.29, 0.717) is 13.0 Å². The SMILES string of the molecule is C=CC1CCCC(C(=O)O)C1C(=O)OCC(C)C. The summed E-state index contributed by atoms with van der Waals surface area (Å²) in [5, 5.41) is 9.21. The van der Waals surface area contributed by atoms with E-state index in [2.05, 4.69) is 6.58 Å². The molecule has 1 aliphatic rings. The average Bonchev–Trinajstić information content (AvgIpc) is 2.34. The van der Waals surface area contributed by atoms with Crippen LogP contribution in [0.5, 0.6) is 0 Å². The standard InChI is InChI=1S/C14H22O4/c1-4-10-6-5-7-11(13(15)16)12(10)14(17)18-8-9(2)3/h4,9-12H,1,5-8H2,2-3H3,(H,15,16). The fraction of sp³-hybridized carbons (Fsp3) is 0.714. The van der Waals surface area contributed by atoms with Crippen LogP contribution in [-0.4, -0.2) is 23.7 Å². The van der Waals surface area contributed by atoms with Gasteiger partial charge in [0, 0.05) is 0 Å². The van der Waals surface area contributed by atoms with Gasteiger partial charge in [-0.05, 0) is 24.7 Å². The van der Waals surface area contributed by atoms with Gasteiger partial charge >= 0.3 is 11.9 Å². The Labute approximate surface area is 108 Å². The highest BCUT2D eigenvalue weighted by molar-refractivity contribution is 5.81. The van der Waals surface area contributed by atoms with Gasteiger partial charge in [0.1, 0.15) is 0 Å². The zero-order chi connectivity index (χ0) is 13.7. The molecular weight excluding hydrogens is 232 g/mol. The molecular formula is C14H22O4.